The molecule has 2 N–H and O–H groups in total. The number of hydrogen-bond acceptors (Lipinski definition) is 2. The van der Waals surface area contributed by atoms with Crippen LogP contribution in [0.15, 0.2) is 53.0 Å². The minimum absolute atomic E-state index is 0.826. The molecular formula is C14H15BrN2. The van der Waals surface area contributed by atoms with E-state index in [1.54, 1.807) is 0 Å². The van der Waals surface area contributed by atoms with Crippen LogP contribution in [0.3, 0.4) is 0 Å². The van der Waals surface area contributed by atoms with Gasteiger partial charge in [-0.15, -0.1) is 0 Å². The van der Waals surface area contributed by atoms with E-state index in [0.717, 1.165) is 22.4 Å². The molecule has 0 aliphatic heterocycles. The second-order valence-corrected chi connectivity index (χ2v) is 4.63. The molecule has 17 heavy (non-hydrogen) atoms. The van der Waals surface area contributed by atoms with Gasteiger partial charge in [0.1, 0.15) is 0 Å². The zero-order chi connectivity index (χ0) is 12.1. The Morgan fingerprint density at radius 3 is 2.35 bits per heavy atom. The van der Waals surface area contributed by atoms with Crippen LogP contribution in [0, 0.1) is 0 Å². The van der Waals surface area contributed by atoms with Crippen molar-refractivity contribution in [1.82, 2.24) is 0 Å². The number of hydrogen-bond donors (Lipinski definition) is 2. The maximum atomic E-state index is 3.52. The predicted octanol–water partition coefficient (Wildman–Crippen LogP) is 4.10. The minimum Gasteiger partial charge on any atom is -0.388 e. The lowest BCUT2D eigenvalue weighted by Crippen LogP contribution is -2.00. The third-order valence-corrected chi connectivity index (χ3v) is 3.29. The van der Waals surface area contributed by atoms with Crippen molar-refractivity contribution in [2.75, 3.05) is 17.7 Å². The monoisotopic (exact) mass is 290 g/mol. The molecule has 0 unspecified atom stereocenters. The van der Waals surface area contributed by atoms with Gasteiger partial charge in [-0.25, -0.2) is 0 Å². The fourth-order valence-electron chi connectivity index (χ4n) is 1.59. The summed E-state index contributed by atoms with van der Waals surface area (Å²) in [4.78, 5) is 0. The summed E-state index contributed by atoms with van der Waals surface area (Å²) in [6, 6.07) is 16.5. The number of para-hydroxylation sites is 1. The standard InChI is InChI=1S/C14H15BrN2/c1-16-12-8-6-11(7-9-12)10-17-14-5-3-2-4-13(14)15/h2-9,16-17H,10H2,1H3. The van der Waals surface area contributed by atoms with E-state index in [2.05, 4.69) is 56.9 Å². The Bertz CT molecular complexity index is 480. The first-order valence-electron chi connectivity index (χ1n) is 5.54. The summed E-state index contributed by atoms with van der Waals surface area (Å²) in [5.74, 6) is 0. The van der Waals surface area contributed by atoms with Gasteiger partial charge in [-0.1, -0.05) is 24.3 Å². The SMILES string of the molecule is CNc1ccc(CNc2ccccc2Br)cc1. The van der Waals surface area contributed by atoms with Crippen LogP contribution in [0.4, 0.5) is 11.4 Å². The molecule has 2 aromatic carbocycles. The van der Waals surface area contributed by atoms with Crippen molar-refractivity contribution >= 4 is 27.3 Å². The molecule has 2 aromatic rings. The van der Waals surface area contributed by atoms with Crippen molar-refractivity contribution in [2.24, 2.45) is 0 Å². The quantitative estimate of drug-likeness (QED) is 0.886. The van der Waals surface area contributed by atoms with Gasteiger partial charge in [-0.3, -0.25) is 0 Å². The molecule has 0 saturated carbocycles. The lowest BCUT2D eigenvalue weighted by molar-refractivity contribution is 1.15. The number of anilines is 2. The van der Waals surface area contributed by atoms with E-state index in [1.807, 2.05) is 25.2 Å². The Balaban J connectivity index is 2.00. The fourth-order valence-corrected chi connectivity index (χ4v) is 2.02. The zero-order valence-corrected chi connectivity index (χ0v) is 11.3. The highest BCUT2D eigenvalue weighted by molar-refractivity contribution is 9.10. The van der Waals surface area contributed by atoms with Crippen LogP contribution in [-0.2, 0) is 6.54 Å². The third kappa shape index (κ3) is 3.24. The van der Waals surface area contributed by atoms with E-state index < -0.39 is 0 Å². The van der Waals surface area contributed by atoms with Gasteiger partial charge in [-0.05, 0) is 45.8 Å². The second-order valence-electron chi connectivity index (χ2n) is 3.78. The molecule has 0 amide bonds. The molecule has 0 radical (unpaired) electrons. The van der Waals surface area contributed by atoms with Gasteiger partial charge < -0.3 is 10.6 Å². The average molecular weight is 291 g/mol. The summed E-state index contributed by atoms with van der Waals surface area (Å²) < 4.78 is 1.09. The number of nitrogens with one attached hydrogen (secondary N) is 2. The summed E-state index contributed by atoms with van der Waals surface area (Å²) in [7, 11) is 1.92. The molecule has 0 heterocycles. The molecule has 0 spiro atoms. The van der Waals surface area contributed by atoms with E-state index in [4.69, 9.17) is 0 Å². The summed E-state index contributed by atoms with van der Waals surface area (Å²) in [5.41, 5.74) is 3.51. The largest absolute Gasteiger partial charge is 0.388 e. The Kier molecular flexibility index (Phi) is 4.04. The molecule has 0 aliphatic carbocycles. The Morgan fingerprint density at radius 1 is 1.00 bits per heavy atom. The van der Waals surface area contributed by atoms with Gasteiger partial charge in [0.05, 0.1) is 0 Å². The van der Waals surface area contributed by atoms with Crippen LogP contribution in [0.5, 0.6) is 0 Å². The van der Waals surface area contributed by atoms with Crippen molar-refractivity contribution in [3.05, 3.63) is 58.6 Å². The molecule has 88 valence electrons. The molecule has 0 atom stereocenters. The molecule has 2 nitrogen and oxygen atoms in total. The molecule has 3 heteroatoms. The maximum absolute atomic E-state index is 3.52. The molecule has 0 saturated heterocycles. The predicted molar refractivity (Wildman–Crippen MR) is 77.5 cm³/mol. The van der Waals surface area contributed by atoms with Gasteiger partial charge >= 0.3 is 0 Å². The van der Waals surface area contributed by atoms with Crippen LogP contribution in [0.2, 0.25) is 0 Å². The fraction of sp³-hybridized carbons (Fsp3) is 0.143. The molecule has 0 aromatic heterocycles. The van der Waals surface area contributed by atoms with Crippen molar-refractivity contribution in [3.63, 3.8) is 0 Å². The normalized spacial score (nSPS) is 10.0. The van der Waals surface area contributed by atoms with Crippen molar-refractivity contribution < 1.29 is 0 Å². The average Bonchev–Trinajstić information content (AvgIpc) is 2.38. The number of halogens is 1. The van der Waals surface area contributed by atoms with Crippen molar-refractivity contribution in [1.29, 1.82) is 0 Å². The first-order chi connectivity index (χ1) is 8.29. The molecule has 0 aliphatic rings. The summed E-state index contributed by atoms with van der Waals surface area (Å²) in [5, 5.41) is 6.51. The lowest BCUT2D eigenvalue weighted by atomic mass is 10.2. The zero-order valence-electron chi connectivity index (χ0n) is 9.70. The van der Waals surface area contributed by atoms with Gasteiger partial charge in [-0.2, -0.15) is 0 Å². The molecule has 0 fully saturated rings. The van der Waals surface area contributed by atoms with E-state index in [1.165, 1.54) is 5.56 Å². The summed E-state index contributed by atoms with van der Waals surface area (Å²) in [6.07, 6.45) is 0. The Labute approximate surface area is 110 Å². The first kappa shape index (κ1) is 12.0. The van der Waals surface area contributed by atoms with Crippen LogP contribution < -0.4 is 10.6 Å². The van der Waals surface area contributed by atoms with E-state index in [-0.39, 0.29) is 0 Å². The van der Waals surface area contributed by atoms with E-state index >= 15 is 0 Å². The van der Waals surface area contributed by atoms with Gasteiger partial charge in [0.25, 0.3) is 0 Å². The minimum atomic E-state index is 0.826. The lowest BCUT2D eigenvalue weighted by Gasteiger charge is -2.09. The van der Waals surface area contributed by atoms with E-state index in [9.17, 15) is 0 Å². The van der Waals surface area contributed by atoms with Crippen molar-refractivity contribution in [3.8, 4) is 0 Å². The van der Waals surface area contributed by atoms with Gasteiger partial charge in [0.2, 0.25) is 0 Å². The highest BCUT2D eigenvalue weighted by atomic mass is 79.9. The third-order valence-electron chi connectivity index (χ3n) is 2.60. The Morgan fingerprint density at radius 2 is 1.71 bits per heavy atom. The topological polar surface area (TPSA) is 24.1 Å². The molecular weight excluding hydrogens is 276 g/mol. The van der Waals surface area contributed by atoms with E-state index in [0.29, 0.717) is 0 Å². The Hall–Kier alpha value is -1.48. The van der Waals surface area contributed by atoms with Gasteiger partial charge in [0.15, 0.2) is 0 Å². The highest BCUT2D eigenvalue weighted by Crippen LogP contribution is 2.22. The number of rotatable bonds is 4. The van der Waals surface area contributed by atoms with Gasteiger partial charge in [0, 0.05) is 29.4 Å². The van der Waals surface area contributed by atoms with Crippen LogP contribution in [0.1, 0.15) is 5.56 Å². The molecule has 0 bridgehead atoms. The van der Waals surface area contributed by atoms with Crippen LogP contribution in [-0.4, -0.2) is 7.05 Å². The highest BCUT2D eigenvalue weighted by Gasteiger charge is 1.98. The molecule has 2 rings (SSSR count). The second kappa shape index (κ2) is 5.73. The smallest absolute Gasteiger partial charge is 0.0487 e. The number of benzene rings is 2. The first-order valence-corrected chi connectivity index (χ1v) is 6.34. The maximum Gasteiger partial charge on any atom is 0.0487 e. The van der Waals surface area contributed by atoms with Crippen LogP contribution >= 0.6 is 15.9 Å². The van der Waals surface area contributed by atoms with Crippen molar-refractivity contribution in [2.45, 2.75) is 6.54 Å². The summed E-state index contributed by atoms with van der Waals surface area (Å²) in [6.45, 7) is 0.826. The summed E-state index contributed by atoms with van der Waals surface area (Å²) >= 11 is 3.52. The van der Waals surface area contributed by atoms with Crippen LogP contribution in [0.25, 0.3) is 0 Å².